The van der Waals surface area contributed by atoms with E-state index >= 15 is 0 Å². The predicted octanol–water partition coefficient (Wildman–Crippen LogP) is 8.26. The second kappa shape index (κ2) is 10.6. The second-order valence-corrected chi connectivity index (χ2v) is 13.3. The summed E-state index contributed by atoms with van der Waals surface area (Å²) in [5.74, 6) is 1.70. The maximum atomic E-state index is 11.0. The molecule has 5 unspecified atom stereocenters. The Balaban J connectivity index is 0.000000845. The van der Waals surface area contributed by atoms with Crippen molar-refractivity contribution in [3.63, 3.8) is 0 Å². The summed E-state index contributed by atoms with van der Waals surface area (Å²) < 4.78 is 6.51. The van der Waals surface area contributed by atoms with Crippen LogP contribution in [0.1, 0.15) is 97.4 Å². The van der Waals surface area contributed by atoms with Gasteiger partial charge in [0.2, 0.25) is 0 Å². The largest absolute Gasteiger partial charge is 0.390 e. The molecule has 6 rings (SSSR count). The van der Waals surface area contributed by atoms with Gasteiger partial charge in [0, 0.05) is 27.4 Å². The topological polar surface area (TPSA) is 45.2 Å². The minimum absolute atomic E-state index is 0.0417. The third kappa shape index (κ3) is 4.25. The number of rotatable bonds is 3. The van der Waals surface area contributed by atoms with Crippen LogP contribution in [0.2, 0.25) is 0 Å². The molecule has 3 fully saturated rings. The Kier molecular flexibility index (Phi) is 8.08. The molecule has 4 aliphatic rings. The number of fused-ring (bicyclic) bond motifs is 9. The Morgan fingerprint density at radius 1 is 1.18 bits per heavy atom. The normalized spacial score (nSPS) is 36.6. The van der Waals surface area contributed by atoms with Crippen LogP contribution in [-0.4, -0.2) is 28.4 Å². The van der Waals surface area contributed by atoms with Crippen LogP contribution in [0.15, 0.2) is 43.0 Å². The van der Waals surface area contributed by atoms with E-state index in [4.69, 9.17) is 4.74 Å². The molecule has 0 bridgehead atoms. The van der Waals surface area contributed by atoms with Crippen LogP contribution in [0.3, 0.4) is 0 Å². The molecule has 212 valence electrons. The van der Waals surface area contributed by atoms with Gasteiger partial charge in [-0.3, -0.25) is 0 Å². The molecule has 0 spiro atoms. The van der Waals surface area contributed by atoms with Gasteiger partial charge in [-0.25, -0.2) is 0 Å². The first kappa shape index (κ1) is 29.7. The summed E-state index contributed by atoms with van der Waals surface area (Å²) >= 11 is 0. The summed E-state index contributed by atoms with van der Waals surface area (Å²) in [5, 5.41) is 12.4. The molecule has 1 aromatic heterocycles. The van der Waals surface area contributed by atoms with Crippen LogP contribution < -0.4 is 0 Å². The van der Waals surface area contributed by atoms with E-state index in [1.165, 1.54) is 47.8 Å². The molecule has 1 saturated heterocycles. The molecule has 2 N–H and O–H groups in total. The van der Waals surface area contributed by atoms with Crippen molar-refractivity contribution in [2.45, 2.75) is 116 Å². The van der Waals surface area contributed by atoms with Gasteiger partial charge < -0.3 is 14.8 Å². The Labute approximate surface area is 237 Å². The number of aromatic nitrogens is 1. The first-order chi connectivity index (χ1) is 18.5. The van der Waals surface area contributed by atoms with Crippen molar-refractivity contribution in [3.8, 4) is 12.8 Å². The number of allylic oxidation sites excluding steroid dienone is 1. The lowest BCUT2D eigenvalue weighted by molar-refractivity contribution is -0.199. The first-order valence-electron chi connectivity index (χ1n) is 15.1. The molecular formula is C36H51NO2. The highest BCUT2D eigenvalue weighted by atomic mass is 16.5. The average Bonchev–Trinajstić information content (AvgIpc) is 3.44. The van der Waals surface area contributed by atoms with Crippen molar-refractivity contribution < 1.29 is 9.84 Å². The minimum atomic E-state index is -0.430. The number of H-pyrrole nitrogens is 1. The van der Waals surface area contributed by atoms with Gasteiger partial charge in [-0.15, -0.1) is 19.4 Å². The van der Waals surface area contributed by atoms with Gasteiger partial charge in [0.15, 0.2) is 0 Å². The molecular weight excluding hydrogens is 478 g/mol. The zero-order valence-electron chi connectivity index (χ0n) is 25.4. The maximum absolute atomic E-state index is 11.0. The highest BCUT2D eigenvalue weighted by Crippen LogP contribution is 2.68. The van der Waals surface area contributed by atoms with Crippen LogP contribution in [-0.2, 0) is 22.0 Å². The number of aliphatic hydroxyl groups excluding tert-OH is 1. The number of nitrogens with one attached hydrogen (secondary N) is 1. The number of terminal acetylenes is 1. The molecule has 39 heavy (non-hydrogen) atoms. The number of benzene rings is 1. The molecule has 2 heterocycles. The Morgan fingerprint density at radius 2 is 1.87 bits per heavy atom. The molecule has 0 radical (unpaired) electrons. The van der Waals surface area contributed by atoms with E-state index in [9.17, 15) is 5.11 Å². The van der Waals surface area contributed by atoms with E-state index in [-0.39, 0.29) is 28.5 Å². The van der Waals surface area contributed by atoms with Crippen molar-refractivity contribution in [2.75, 3.05) is 0 Å². The molecule has 3 heteroatoms. The van der Waals surface area contributed by atoms with Crippen LogP contribution in [0, 0.1) is 36.0 Å². The zero-order chi connectivity index (χ0) is 28.9. The van der Waals surface area contributed by atoms with Crippen LogP contribution >= 0.6 is 0 Å². The second-order valence-electron chi connectivity index (χ2n) is 13.3. The average molecular weight is 530 g/mol. The van der Waals surface area contributed by atoms with Gasteiger partial charge in [-0.2, -0.15) is 0 Å². The molecule has 8 atom stereocenters. The number of aromatic amines is 1. The highest BCUT2D eigenvalue weighted by Gasteiger charge is 2.65. The van der Waals surface area contributed by atoms with Gasteiger partial charge in [0.1, 0.15) is 6.10 Å². The molecule has 3 aliphatic carbocycles. The maximum Gasteiger partial charge on any atom is 0.104 e. The molecule has 1 aromatic carbocycles. The molecule has 0 amide bonds. The fourth-order valence-corrected chi connectivity index (χ4v) is 8.97. The number of hydrogen-bond donors (Lipinski definition) is 2. The van der Waals surface area contributed by atoms with Crippen molar-refractivity contribution in [1.82, 2.24) is 4.98 Å². The highest BCUT2D eigenvalue weighted by molar-refractivity contribution is 5.87. The van der Waals surface area contributed by atoms with Gasteiger partial charge in [0.05, 0.1) is 12.2 Å². The van der Waals surface area contributed by atoms with Crippen molar-refractivity contribution >= 4 is 10.9 Å². The van der Waals surface area contributed by atoms with E-state index in [1.54, 1.807) is 5.56 Å². The third-order valence-electron chi connectivity index (χ3n) is 11.4. The molecule has 1 aliphatic heterocycles. The number of aliphatic hydroxyl groups is 1. The van der Waals surface area contributed by atoms with E-state index in [2.05, 4.69) is 76.9 Å². The summed E-state index contributed by atoms with van der Waals surface area (Å²) in [6, 6.07) is 7.01. The lowest BCUT2D eigenvalue weighted by Gasteiger charge is -2.63. The summed E-state index contributed by atoms with van der Waals surface area (Å²) in [7, 11) is 0. The van der Waals surface area contributed by atoms with Crippen molar-refractivity contribution in [1.29, 1.82) is 0 Å². The SMILES string of the molecule is C#C.C=CC(C)(C)c1ccc2c3c([nH]c2c1)[C@@]1(C)C(CCC2C4CC(O)[C@@H](C(=C)C)OC4CC[C@@]21C)C3.CC. The minimum Gasteiger partial charge on any atom is -0.390 e. The molecule has 3 nitrogen and oxygen atoms in total. The number of ether oxygens (including phenoxy) is 1. The van der Waals surface area contributed by atoms with Crippen molar-refractivity contribution in [3.05, 3.63) is 59.8 Å². The van der Waals surface area contributed by atoms with Gasteiger partial charge in [0.25, 0.3) is 0 Å². The fraction of sp³-hybridized carbons (Fsp3) is 0.611. The van der Waals surface area contributed by atoms with Crippen LogP contribution in [0.4, 0.5) is 0 Å². The quantitative estimate of drug-likeness (QED) is 0.310. The number of hydrogen-bond acceptors (Lipinski definition) is 2. The van der Waals surface area contributed by atoms with E-state index in [0.29, 0.717) is 17.8 Å². The van der Waals surface area contributed by atoms with Crippen LogP contribution in [0.25, 0.3) is 10.9 Å². The molecule has 2 aromatic rings. The van der Waals surface area contributed by atoms with Gasteiger partial charge >= 0.3 is 0 Å². The van der Waals surface area contributed by atoms with E-state index in [1.807, 2.05) is 26.8 Å². The van der Waals surface area contributed by atoms with Crippen LogP contribution in [0.5, 0.6) is 0 Å². The Morgan fingerprint density at radius 3 is 2.51 bits per heavy atom. The smallest absolute Gasteiger partial charge is 0.104 e. The lowest BCUT2D eigenvalue weighted by atomic mass is 9.43. The van der Waals surface area contributed by atoms with Gasteiger partial charge in [-0.1, -0.05) is 66.3 Å². The summed E-state index contributed by atoms with van der Waals surface area (Å²) in [4.78, 5) is 3.99. The zero-order valence-corrected chi connectivity index (χ0v) is 25.4. The van der Waals surface area contributed by atoms with Gasteiger partial charge in [-0.05, 0) is 91.4 Å². The standard InChI is InChI=1S/C32H43NO2.C2H6.C2H2/c1-8-30(4,5)19-9-11-21-22-15-20-10-12-24-23-17-26(34)28(18(2)3)35-27(23)13-14-31(24,6)32(20,7)29(22)33-25(21)16-19;2*1-2/h8-9,11,16,20,23-24,26-28,33-34H,1-2,10,12-15,17H2,3-7H3;1-2H3;1-2H/t20?,23?,24?,26?,27?,28-,31+,32-;;/m1../s1. The van der Waals surface area contributed by atoms with E-state index < -0.39 is 6.10 Å². The monoisotopic (exact) mass is 529 g/mol. The summed E-state index contributed by atoms with van der Waals surface area (Å²) in [5.41, 5.74) is 6.89. The Bertz CT molecular complexity index is 1250. The first-order valence-corrected chi connectivity index (χ1v) is 15.1. The fourth-order valence-electron chi connectivity index (χ4n) is 8.97. The van der Waals surface area contributed by atoms with Crippen molar-refractivity contribution in [2.24, 2.45) is 23.2 Å². The summed E-state index contributed by atoms with van der Waals surface area (Å²) in [6.45, 7) is 23.8. The van der Waals surface area contributed by atoms with E-state index in [0.717, 1.165) is 18.4 Å². The predicted molar refractivity (Wildman–Crippen MR) is 165 cm³/mol. The Hall–Kier alpha value is -2.28. The summed E-state index contributed by atoms with van der Waals surface area (Å²) in [6.07, 6.45) is 16.5. The molecule has 2 saturated carbocycles. The lowest BCUT2D eigenvalue weighted by Crippen LogP contribution is -2.61. The third-order valence-corrected chi connectivity index (χ3v) is 11.4.